The molecule has 0 bridgehead atoms. The molecule has 0 spiro atoms. The highest BCUT2D eigenvalue weighted by Gasteiger charge is 2.18. The second kappa shape index (κ2) is 7.34. The van der Waals surface area contributed by atoms with Crippen LogP contribution >= 0.6 is 0 Å². The minimum absolute atomic E-state index is 0.0626. The molecule has 1 aliphatic heterocycles. The topological polar surface area (TPSA) is 79.7 Å². The molecule has 1 amide bonds. The third-order valence-corrected chi connectivity index (χ3v) is 4.43. The van der Waals surface area contributed by atoms with Crippen molar-refractivity contribution in [3.05, 3.63) is 47.7 Å². The molecule has 1 aliphatic rings. The highest BCUT2D eigenvalue weighted by molar-refractivity contribution is 5.94. The van der Waals surface area contributed by atoms with Crippen molar-refractivity contribution in [2.75, 3.05) is 13.1 Å². The Labute approximate surface area is 146 Å². The largest absolute Gasteiger partial charge is 0.512 e. The molecule has 1 aromatic heterocycles. The molecule has 6 heteroatoms. The van der Waals surface area contributed by atoms with Gasteiger partial charge in [-0.1, -0.05) is 12.1 Å². The molecule has 0 radical (unpaired) electrons. The Morgan fingerprint density at radius 1 is 1.08 bits per heavy atom. The van der Waals surface area contributed by atoms with Crippen LogP contribution in [0.3, 0.4) is 0 Å². The Bertz CT molecular complexity index is 781. The maximum absolute atomic E-state index is 12.5. The van der Waals surface area contributed by atoms with Crippen LogP contribution in [0.5, 0.6) is 5.88 Å². The zero-order chi connectivity index (χ0) is 17.8. The molecule has 0 aliphatic carbocycles. The highest BCUT2D eigenvalue weighted by Crippen LogP contribution is 2.28. The molecule has 25 heavy (non-hydrogen) atoms. The number of pyridine rings is 1. The van der Waals surface area contributed by atoms with Gasteiger partial charge < -0.3 is 14.7 Å². The fourth-order valence-corrected chi connectivity index (χ4v) is 3.09. The first-order valence-electron chi connectivity index (χ1n) is 8.32. The first-order valence-corrected chi connectivity index (χ1v) is 8.32. The number of ether oxygens (including phenoxy) is 1. The monoisotopic (exact) mass is 340 g/mol. The number of carboxylic acid groups (broad SMARTS) is 1. The fraction of sp³-hybridized carbons (Fsp3) is 0.316. The van der Waals surface area contributed by atoms with Gasteiger partial charge in [0.25, 0.3) is 5.91 Å². The number of piperidine rings is 1. The van der Waals surface area contributed by atoms with Crippen LogP contribution in [0.2, 0.25) is 0 Å². The van der Waals surface area contributed by atoms with Gasteiger partial charge >= 0.3 is 6.16 Å². The maximum Gasteiger partial charge on any atom is 0.512 e. The summed E-state index contributed by atoms with van der Waals surface area (Å²) in [6.45, 7) is 3.40. The van der Waals surface area contributed by atoms with Crippen LogP contribution < -0.4 is 4.74 Å². The highest BCUT2D eigenvalue weighted by atomic mass is 16.7. The average Bonchev–Trinajstić information content (AvgIpc) is 2.63. The Hall–Kier alpha value is -2.89. The lowest BCUT2D eigenvalue weighted by Crippen LogP contribution is -2.35. The molecule has 0 unspecified atom stereocenters. The lowest BCUT2D eigenvalue weighted by molar-refractivity contribution is 0.0724. The Morgan fingerprint density at radius 2 is 1.76 bits per heavy atom. The molecule has 6 nitrogen and oxygen atoms in total. The molecule has 1 fully saturated rings. The van der Waals surface area contributed by atoms with Crippen molar-refractivity contribution in [2.45, 2.75) is 26.2 Å². The van der Waals surface area contributed by atoms with Crippen molar-refractivity contribution in [1.82, 2.24) is 9.88 Å². The minimum atomic E-state index is -1.39. The number of benzene rings is 1. The van der Waals surface area contributed by atoms with Crippen LogP contribution in [0.15, 0.2) is 36.5 Å². The van der Waals surface area contributed by atoms with Gasteiger partial charge in [-0.3, -0.25) is 4.79 Å². The minimum Gasteiger partial charge on any atom is -0.449 e. The fourth-order valence-electron chi connectivity index (χ4n) is 3.09. The van der Waals surface area contributed by atoms with Crippen molar-refractivity contribution in [1.29, 1.82) is 0 Å². The van der Waals surface area contributed by atoms with E-state index in [9.17, 15) is 9.59 Å². The van der Waals surface area contributed by atoms with Crippen LogP contribution in [0.25, 0.3) is 11.1 Å². The molecular weight excluding hydrogens is 320 g/mol. The summed E-state index contributed by atoms with van der Waals surface area (Å²) in [6.07, 6.45) is 3.42. The number of hydrogen-bond donors (Lipinski definition) is 1. The van der Waals surface area contributed by atoms with E-state index in [4.69, 9.17) is 9.84 Å². The van der Waals surface area contributed by atoms with Gasteiger partial charge in [-0.15, -0.1) is 0 Å². The third kappa shape index (κ3) is 3.79. The van der Waals surface area contributed by atoms with E-state index >= 15 is 0 Å². The zero-order valence-corrected chi connectivity index (χ0v) is 14.1. The van der Waals surface area contributed by atoms with Gasteiger partial charge in [0.05, 0.1) is 0 Å². The summed E-state index contributed by atoms with van der Waals surface area (Å²) in [4.78, 5) is 29.1. The molecule has 2 aromatic rings. The summed E-state index contributed by atoms with van der Waals surface area (Å²) in [6, 6.07) is 9.15. The number of hydrogen-bond acceptors (Lipinski definition) is 4. The number of likely N-dealkylation sites (tertiary alicyclic amines) is 1. The SMILES string of the molecule is Cc1c(-c2ccc(C(=O)N3CCCCC3)cc2)ccnc1OC(=O)O. The van der Waals surface area contributed by atoms with Crippen molar-refractivity contribution < 1.29 is 19.4 Å². The number of nitrogens with zero attached hydrogens (tertiary/aromatic N) is 2. The summed E-state index contributed by atoms with van der Waals surface area (Å²) < 4.78 is 4.69. The first-order chi connectivity index (χ1) is 12.1. The predicted octanol–water partition coefficient (Wildman–Crippen LogP) is 3.74. The summed E-state index contributed by atoms with van der Waals surface area (Å²) in [7, 11) is 0. The Morgan fingerprint density at radius 3 is 2.40 bits per heavy atom. The van der Waals surface area contributed by atoms with E-state index in [0.717, 1.165) is 37.1 Å². The molecule has 1 aromatic carbocycles. The Balaban J connectivity index is 1.83. The summed E-state index contributed by atoms with van der Waals surface area (Å²) in [5, 5.41) is 8.77. The maximum atomic E-state index is 12.5. The van der Waals surface area contributed by atoms with E-state index in [0.29, 0.717) is 11.1 Å². The summed E-state index contributed by atoms with van der Waals surface area (Å²) in [5.41, 5.74) is 3.01. The van der Waals surface area contributed by atoms with Crippen LogP contribution in [0.1, 0.15) is 35.2 Å². The molecular formula is C19H20N2O4. The van der Waals surface area contributed by atoms with E-state index in [1.54, 1.807) is 13.0 Å². The number of aromatic nitrogens is 1. The van der Waals surface area contributed by atoms with Gasteiger partial charge in [0, 0.05) is 30.4 Å². The number of carbonyl (C=O) groups is 2. The van der Waals surface area contributed by atoms with Crippen LogP contribution in [-0.4, -0.2) is 40.1 Å². The quantitative estimate of drug-likeness (QED) is 0.861. The van der Waals surface area contributed by atoms with E-state index in [1.165, 1.54) is 12.6 Å². The smallest absolute Gasteiger partial charge is 0.449 e. The molecule has 130 valence electrons. The van der Waals surface area contributed by atoms with Gasteiger partial charge in [-0.05, 0) is 55.5 Å². The molecule has 0 saturated carbocycles. The van der Waals surface area contributed by atoms with Crippen molar-refractivity contribution in [3.8, 4) is 17.0 Å². The standard InChI is InChI=1S/C19H20N2O4/c1-13-16(9-10-20-17(13)25-19(23)24)14-5-7-15(8-6-14)18(22)21-11-3-2-4-12-21/h5-10H,2-4,11-12H2,1H3,(H,23,24). The normalized spacial score (nSPS) is 14.2. The van der Waals surface area contributed by atoms with Crippen molar-refractivity contribution in [2.24, 2.45) is 0 Å². The number of rotatable bonds is 3. The molecule has 0 atom stereocenters. The van der Waals surface area contributed by atoms with Gasteiger partial charge in [-0.2, -0.15) is 0 Å². The molecule has 1 saturated heterocycles. The van der Waals surface area contributed by atoms with E-state index in [1.807, 2.05) is 29.2 Å². The van der Waals surface area contributed by atoms with E-state index in [2.05, 4.69) is 4.98 Å². The number of carbonyl (C=O) groups excluding carboxylic acids is 1. The molecule has 2 heterocycles. The first kappa shape index (κ1) is 17.0. The zero-order valence-electron chi connectivity index (χ0n) is 14.1. The van der Waals surface area contributed by atoms with E-state index in [-0.39, 0.29) is 11.8 Å². The van der Waals surface area contributed by atoms with Gasteiger partial charge in [0.2, 0.25) is 5.88 Å². The van der Waals surface area contributed by atoms with Gasteiger partial charge in [0.15, 0.2) is 0 Å². The molecule has 1 N–H and O–H groups in total. The third-order valence-electron chi connectivity index (χ3n) is 4.43. The average molecular weight is 340 g/mol. The summed E-state index contributed by atoms with van der Waals surface area (Å²) >= 11 is 0. The van der Waals surface area contributed by atoms with Crippen LogP contribution in [-0.2, 0) is 0 Å². The summed E-state index contributed by atoms with van der Waals surface area (Å²) in [5.74, 6) is 0.131. The Kier molecular flexibility index (Phi) is 4.97. The van der Waals surface area contributed by atoms with Crippen LogP contribution in [0.4, 0.5) is 4.79 Å². The van der Waals surface area contributed by atoms with Crippen molar-refractivity contribution >= 4 is 12.1 Å². The predicted molar refractivity (Wildman–Crippen MR) is 92.8 cm³/mol. The van der Waals surface area contributed by atoms with Crippen LogP contribution in [0, 0.1) is 6.92 Å². The van der Waals surface area contributed by atoms with Gasteiger partial charge in [-0.25, -0.2) is 9.78 Å². The lowest BCUT2D eigenvalue weighted by Gasteiger charge is -2.26. The lowest BCUT2D eigenvalue weighted by atomic mass is 10.0. The van der Waals surface area contributed by atoms with Gasteiger partial charge in [0.1, 0.15) is 0 Å². The second-order valence-electron chi connectivity index (χ2n) is 6.09. The van der Waals surface area contributed by atoms with E-state index < -0.39 is 6.16 Å². The molecule has 3 rings (SSSR count). The number of amides is 1. The second-order valence-corrected chi connectivity index (χ2v) is 6.09. The van der Waals surface area contributed by atoms with Crippen molar-refractivity contribution in [3.63, 3.8) is 0 Å².